The second-order valence-corrected chi connectivity index (χ2v) is 7.38. The SMILES string of the molecule is CC(C)CC(N)C(=O)N(C)Cc1ccc(C(C)(C)C)cc1. The van der Waals surface area contributed by atoms with Gasteiger partial charge in [-0.25, -0.2) is 0 Å². The summed E-state index contributed by atoms with van der Waals surface area (Å²) in [6.45, 7) is 11.4. The quantitative estimate of drug-likeness (QED) is 0.904. The molecule has 0 bridgehead atoms. The normalized spacial score (nSPS) is 13.3. The Balaban J connectivity index is 2.66. The number of hydrogen-bond acceptors (Lipinski definition) is 2. The first-order chi connectivity index (χ1) is 9.61. The van der Waals surface area contributed by atoms with Crippen molar-refractivity contribution in [2.45, 2.75) is 59.0 Å². The van der Waals surface area contributed by atoms with Gasteiger partial charge in [0.15, 0.2) is 0 Å². The maximum Gasteiger partial charge on any atom is 0.239 e. The zero-order valence-electron chi connectivity index (χ0n) is 14.3. The molecule has 0 aliphatic heterocycles. The van der Waals surface area contributed by atoms with E-state index in [4.69, 9.17) is 5.73 Å². The number of carbonyl (C=O) groups is 1. The number of hydrogen-bond donors (Lipinski definition) is 1. The molecule has 0 saturated heterocycles. The van der Waals surface area contributed by atoms with E-state index in [0.29, 0.717) is 12.5 Å². The minimum absolute atomic E-state index is 0.0172. The van der Waals surface area contributed by atoms with Crippen LogP contribution in [0.3, 0.4) is 0 Å². The zero-order valence-corrected chi connectivity index (χ0v) is 14.3. The summed E-state index contributed by atoms with van der Waals surface area (Å²) in [4.78, 5) is 13.9. The molecule has 1 amide bonds. The molecule has 118 valence electrons. The molecular weight excluding hydrogens is 260 g/mol. The lowest BCUT2D eigenvalue weighted by Gasteiger charge is -2.23. The Labute approximate surface area is 129 Å². The fourth-order valence-electron chi connectivity index (χ4n) is 2.35. The van der Waals surface area contributed by atoms with Gasteiger partial charge in [0.1, 0.15) is 0 Å². The Morgan fingerprint density at radius 2 is 1.71 bits per heavy atom. The van der Waals surface area contributed by atoms with E-state index < -0.39 is 6.04 Å². The number of carbonyl (C=O) groups excluding carboxylic acids is 1. The van der Waals surface area contributed by atoms with E-state index >= 15 is 0 Å². The van der Waals surface area contributed by atoms with Crippen LogP contribution in [-0.4, -0.2) is 23.9 Å². The van der Waals surface area contributed by atoms with Crippen LogP contribution in [0.15, 0.2) is 24.3 Å². The van der Waals surface area contributed by atoms with Crippen LogP contribution < -0.4 is 5.73 Å². The minimum atomic E-state index is -0.399. The molecule has 0 spiro atoms. The summed E-state index contributed by atoms with van der Waals surface area (Å²) in [6.07, 6.45) is 0.728. The number of amides is 1. The molecule has 1 atom stereocenters. The van der Waals surface area contributed by atoms with Gasteiger partial charge >= 0.3 is 0 Å². The standard InChI is InChI=1S/C18H30N2O/c1-13(2)11-16(19)17(21)20(6)12-14-7-9-15(10-8-14)18(3,4)5/h7-10,13,16H,11-12,19H2,1-6H3. The second-order valence-electron chi connectivity index (χ2n) is 7.38. The van der Waals surface area contributed by atoms with Gasteiger partial charge < -0.3 is 10.6 Å². The fraction of sp³-hybridized carbons (Fsp3) is 0.611. The molecule has 1 aromatic rings. The first kappa shape index (κ1) is 17.7. The summed E-state index contributed by atoms with van der Waals surface area (Å²) in [5.41, 5.74) is 8.55. The Morgan fingerprint density at radius 3 is 2.14 bits per heavy atom. The maximum atomic E-state index is 12.2. The number of likely N-dealkylation sites (N-methyl/N-ethyl adjacent to an activating group) is 1. The highest BCUT2D eigenvalue weighted by Gasteiger charge is 2.19. The Morgan fingerprint density at radius 1 is 1.19 bits per heavy atom. The summed E-state index contributed by atoms with van der Waals surface area (Å²) in [5.74, 6) is 0.451. The summed E-state index contributed by atoms with van der Waals surface area (Å²) >= 11 is 0. The van der Waals surface area contributed by atoms with Gasteiger partial charge in [0.2, 0.25) is 5.91 Å². The van der Waals surface area contributed by atoms with Crippen molar-refractivity contribution in [3.8, 4) is 0 Å². The highest BCUT2D eigenvalue weighted by molar-refractivity contribution is 5.81. The van der Waals surface area contributed by atoms with Crippen molar-refractivity contribution < 1.29 is 4.79 Å². The van der Waals surface area contributed by atoms with Gasteiger partial charge in [0.25, 0.3) is 0 Å². The van der Waals surface area contributed by atoms with Crippen molar-refractivity contribution in [2.24, 2.45) is 11.7 Å². The number of nitrogens with two attached hydrogens (primary N) is 1. The molecule has 2 N–H and O–H groups in total. The van der Waals surface area contributed by atoms with E-state index in [2.05, 4.69) is 58.9 Å². The van der Waals surface area contributed by atoms with Gasteiger partial charge in [-0.3, -0.25) is 4.79 Å². The molecule has 0 heterocycles. The third kappa shape index (κ3) is 5.50. The molecule has 0 fully saturated rings. The lowest BCUT2D eigenvalue weighted by molar-refractivity contribution is -0.132. The Bertz CT molecular complexity index is 457. The van der Waals surface area contributed by atoms with E-state index in [0.717, 1.165) is 12.0 Å². The molecule has 3 nitrogen and oxygen atoms in total. The van der Waals surface area contributed by atoms with Crippen LogP contribution in [-0.2, 0) is 16.8 Å². The molecule has 1 aromatic carbocycles. The van der Waals surface area contributed by atoms with Crippen molar-refractivity contribution in [2.75, 3.05) is 7.05 Å². The molecule has 0 aromatic heterocycles. The van der Waals surface area contributed by atoms with Crippen molar-refractivity contribution in [1.82, 2.24) is 4.90 Å². The third-order valence-electron chi connectivity index (χ3n) is 3.66. The molecule has 0 radical (unpaired) electrons. The van der Waals surface area contributed by atoms with Crippen LogP contribution in [0.5, 0.6) is 0 Å². The van der Waals surface area contributed by atoms with Crippen LogP contribution in [0.4, 0.5) is 0 Å². The van der Waals surface area contributed by atoms with Crippen LogP contribution in [0, 0.1) is 5.92 Å². The summed E-state index contributed by atoms with van der Waals surface area (Å²) in [6, 6.07) is 8.07. The molecular formula is C18H30N2O. The van der Waals surface area contributed by atoms with E-state index in [1.54, 1.807) is 4.90 Å². The largest absolute Gasteiger partial charge is 0.340 e. The highest BCUT2D eigenvalue weighted by Crippen LogP contribution is 2.22. The predicted molar refractivity (Wildman–Crippen MR) is 89.0 cm³/mol. The summed E-state index contributed by atoms with van der Waals surface area (Å²) in [7, 11) is 1.82. The van der Waals surface area contributed by atoms with E-state index in [1.165, 1.54) is 5.56 Å². The summed E-state index contributed by atoms with van der Waals surface area (Å²) < 4.78 is 0. The van der Waals surface area contributed by atoms with Gasteiger partial charge in [-0.05, 0) is 28.9 Å². The molecule has 3 heteroatoms. The molecule has 0 aliphatic rings. The molecule has 21 heavy (non-hydrogen) atoms. The van der Waals surface area contributed by atoms with Crippen LogP contribution in [0.25, 0.3) is 0 Å². The summed E-state index contributed by atoms with van der Waals surface area (Å²) in [5, 5.41) is 0. The third-order valence-corrected chi connectivity index (χ3v) is 3.66. The minimum Gasteiger partial charge on any atom is -0.340 e. The average molecular weight is 290 g/mol. The van der Waals surface area contributed by atoms with Crippen molar-refractivity contribution in [3.05, 3.63) is 35.4 Å². The van der Waals surface area contributed by atoms with Gasteiger partial charge in [-0.1, -0.05) is 58.9 Å². The fourth-order valence-corrected chi connectivity index (χ4v) is 2.35. The maximum absolute atomic E-state index is 12.2. The van der Waals surface area contributed by atoms with Crippen molar-refractivity contribution in [3.63, 3.8) is 0 Å². The number of rotatable bonds is 5. The second kappa shape index (κ2) is 7.08. The van der Waals surface area contributed by atoms with Crippen LogP contribution in [0.1, 0.15) is 52.2 Å². The first-order valence-electron chi connectivity index (χ1n) is 7.71. The lowest BCUT2D eigenvalue weighted by Crippen LogP contribution is -2.42. The smallest absolute Gasteiger partial charge is 0.239 e. The van der Waals surface area contributed by atoms with E-state index in [9.17, 15) is 4.79 Å². The lowest BCUT2D eigenvalue weighted by atomic mass is 9.87. The van der Waals surface area contributed by atoms with E-state index in [-0.39, 0.29) is 11.3 Å². The van der Waals surface area contributed by atoms with Crippen molar-refractivity contribution >= 4 is 5.91 Å². The van der Waals surface area contributed by atoms with Gasteiger partial charge in [-0.15, -0.1) is 0 Å². The first-order valence-corrected chi connectivity index (χ1v) is 7.71. The van der Waals surface area contributed by atoms with Gasteiger partial charge in [-0.2, -0.15) is 0 Å². The average Bonchev–Trinajstić information content (AvgIpc) is 2.36. The topological polar surface area (TPSA) is 46.3 Å². The van der Waals surface area contributed by atoms with E-state index in [1.807, 2.05) is 7.05 Å². The van der Waals surface area contributed by atoms with Crippen molar-refractivity contribution in [1.29, 1.82) is 0 Å². The Kier molecular flexibility index (Phi) is 5.97. The monoisotopic (exact) mass is 290 g/mol. The number of nitrogens with zero attached hydrogens (tertiary/aromatic N) is 1. The number of benzene rings is 1. The van der Waals surface area contributed by atoms with Crippen LogP contribution >= 0.6 is 0 Å². The molecule has 1 rings (SSSR count). The Hall–Kier alpha value is -1.35. The van der Waals surface area contributed by atoms with Gasteiger partial charge in [0, 0.05) is 13.6 Å². The molecule has 1 unspecified atom stereocenters. The zero-order chi connectivity index (χ0) is 16.2. The molecule has 0 saturated carbocycles. The predicted octanol–water partition coefficient (Wildman–Crippen LogP) is 3.32. The van der Waals surface area contributed by atoms with Gasteiger partial charge in [0.05, 0.1) is 6.04 Å². The van der Waals surface area contributed by atoms with Crippen LogP contribution in [0.2, 0.25) is 0 Å². The molecule has 0 aliphatic carbocycles. The highest BCUT2D eigenvalue weighted by atomic mass is 16.2.